The van der Waals surface area contributed by atoms with Crippen molar-refractivity contribution in [3.05, 3.63) is 15.8 Å². The largest absolute Gasteiger partial charge is 0.378 e. The van der Waals surface area contributed by atoms with E-state index in [0.29, 0.717) is 11.6 Å². The molecule has 2 atom stereocenters. The zero-order valence-electron chi connectivity index (χ0n) is 10.2. The Bertz CT molecular complexity index is 441. The van der Waals surface area contributed by atoms with E-state index in [9.17, 15) is 10.1 Å². The lowest BCUT2D eigenvalue weighted by molar-refractivity contribution is -0.384. The van der Waals surface area contributed by atoms with Crippen molar-refractivity contribution in [2.24, 2.45) is 5.92 Å². The van der Waals surface area contributed by atoms with Crippen LogP contribution < -0.4 is 5.73 Å². The Labute approximate surface area is 99.9 Å². The van der Waals surface area contributed by atoms with E-state index in [2.05, 4.69) is 12.0 Å². The highest BCUT2D eigenvalue weighted by Gasteiger charge is 2.29. The zero-order valence-corrected chi connectivity index (χ0v) is 10.2. The SMILES string of the molecule is Cc1nn(C2CCCC(C)C2)c(N)c1[N+](=O)[O-]. The van der Waals surface area contributed by atoms with Gasteiger partial charge >= 0.3 is 5.69 Å². The maximum Gasteiger partial charge on any atom is 0.333 e. The van der Waals surface area contributed by atoms with Crippen LogP contribution in [0.3, 0.4) is 0 Å². The number of anilines is 1. The van der Waals surface area contributed by atoms with E-state index in [1.807, 2.05) is 0 Å². The summed E-state index contributed by atoms with van der Waals surface area (Å²) in [6.07, 6.45) is 4.37. The lowest BCUT2D eigenvalue weighted by atomic mass is 9.87. The van der Waals surface area contributed by atoms with Gasteiger partial charge in [0.15, 0.2) is 0 Å². The summed E-state index contributed by atoms with van der Waals surface area (Å²) in [5, 5.41) is 15.1. The Balaban J connectivity index is 2.33. The van der Waals surface area contributed by atoms with Gasteiger partial charge in [0, 0.05) is 0 Å². The van der Waals surface area contributed by atoms with Crippen LogP contribution in [0, 0.1) is 23.0 Å². The Kier molecular flexibility index (Phi) is 3.04. The van der Waals surface area contributed by atoms with E-state index in [4.69, 9.17) is 5.73 Å². The molecule has 2 rings (SSSR count). The van der Waals surface area contributed by atoms with E-state index in [0.717, 1.165) is 19.3 Å². The molecule has 0 amide bonds. The smallest absolute Gasteiger partial charge is 0.333 e. The van der Waals surface area contributed by atoms with Crippen LogP contribution in [0.25, 0.3) is 0 Å². The molecule has 1 aromatic heterocycles. The highest BCUT2D eigenvalue weighted by atomic mass is 16.6. The summed E-state index contributed by atoms with van der Waals surface area (Å²) in [6, 6.07) is 0.214. The second-order valence-corrected chi connectivity index (χ2v) is 4.95. The predicted molar refractivity (Wildman–Crippen MR) is 64.7 cm³/mol. The highest BCUT2D eigenvalue weighted by Crippen LogP contribution is 2.36. The number of nitrogen functional groups attached to an aromatic ring is 1. The molecule has 0 spiro atoms. The molecule has 0 aliphatic heterocycles. The molecule has 1 saturated carbocycles. The molecular formula is C11H18N4O2. The van der Waals surface area contributed by atoms with Crippen molar-refractivity contribution < 1.29 is 4.92 Å². The monoisotopic (exact) mass is 238 g/mol. The Morgan fingerprint density at radius 2 is 2.24 bits per heavy atom. The normalized spacial score (nSPS) is 24.8. The van der Waals surface area contributed by atoms with Gasteiger partial charge in [0.2, 0.25) is 5.82 Å². The summed E-state index contributed by atoms with van der Waals surface area (Å²) in [5.74, 6) is 0.836. The third-order valence-corrected chi connectivity index (χ3v) is 3.53. The summed E-state index contributed by atoms with van der Waals surface area (Å²) in [6.45, 7) is 3.84. The average Bonchev–Trinajstić information content (AvgIpc) is 2.54. The van der Waals surface area contributed by atoms with Crippen LogP contribution in [-0.2, 0) is 0 Å². The Morgan fingerprint density at radius 1 is 1.53 bits per heavy atom. The van der Waals surface area contributed by atoms with Crippen molar-refractivity contribution in [1.29, 1.82) is 0 Å². The van der Waals surface area contributed by atoms with Crippen LogP contribution in [-0.4, -0.2) is 14.7 Å². The predicted octanol–water partition coefficient (Wildman–Crippen LogP) is 2.43. The second-order valence-electron chi connectivity index (χ2n) is 4.95. The number of nitro groups is 1. The van der Waals surface area contributed by atoms with E-state index in [-0.39, 0.29) is 17.5 Å². The number of rotatable bonds is 2. The first-order chi connectivity index (χ1) is 8.00. The van der Waals surface area contributed by atoms with Gasteiger partial charge in [0.1, 0.15) is 5.69 Å². The molecule has 0 aromatic carbocycles. The van der Waals surface area contributed by atoms with Crippen LogP contribution in [0.1, 0.15) is 44.3 Å². The summed E-state index contributed by atoms with van der Waals surface area (Å²) < 4.78 is 1.66. The molecule has 2 N–H and O–H groups in total. The van der Waals surface area contributed by atoms with Gasteiger partial charge in [-0.2, -0.15) is 5.10 Å². The van der Waals surface area contributed by atoms with E-state index in [1.165, 1.54) is 6.42 Å². The van der Waals surface area contributed by atoms with Gasteiger partial charge in [-0.25, -0.2) is 4.68 Å². The molecule has 6 nitrogen and oxygen atoms in total. The Hall–Kier alpha value is -1.59. The van der Waals surface area contributed by atoms with E-state index >= 15 is 0 Å². The highest BCUT2D eigenvalue weighted by molar-refractivity contribution is 5.56. The quantitative estimate of drug-likeness (QED) is 0.633. The first-order valence-corrected chi connectivity index (χ1v) is 5.99. The van der Waals surface area contributed by atoms with Crippen molar-refractivity contribution in [1.82, 2.24) is 9.78 Å². The third-order valence-electron chi connectivity index (χ3n) is 3.53. The van der Waals surface area contributed by atoms with Gasteiger partial charge in [0.25, 0.3) is 0 Å². The fourth-order valence-electron chi connectivity index (χ4n) is 2.68. The molecule has 17 heavy (non-hydrogen) atoms. The molecule has 0 radical (unpaired) electrons. The zero-order chi connectivity index (χ0) is 12.6. The molecule has 1 aliphatic rings. The van der Waals surface area contributed by atoms with Gasteiger partial charge in [-0.1, -0.05) is 19.8 Å². The summed E-state index contributed by atoms with van der Waals surface area (Å²) in [4.78, 5) is 10.4. The minimum absolute atomic E-state index is 0.0387. The maximum absolute atomic E-state index is 10.9. The summed E-state index contributed by atoms with van der Waals surface area (Å²) in [7, 11) is 0. The van der Waals surface area contributed by atoms with Crippen LogP contribution in [0.15, 0.2) is 0 Å². The Morgan fingerprint density at radius 3 is 2.76 bits per heavy atom. The number of hydrogen-bond acceptors (Lipinski definition) is 4. The van der Waals surface area contributed by atoms with E-state index in [1.54, 1.807) is 11.6 Å². The molecule has 1 aliphatic carbocycles. The first-order valence-electron chi connectivity index (χ1n) is 5.99. The molecule has 0 bridgehead atoms. The lowest BCUT2D eigenvalue weighted by Gasteiger charge is -2.27. The van der Waals surface area contributed by atoms with Crippen molar-refractivity contribution in [3.63, 3.8) is 0 Å². The number of aryl methyl sites for hydroxylation is 1. The number of nitrogens with two attached hydrogens (primary N) is 1. The van der Waals surface area contributed by atoms with Gasteiger partial charge in [0.05, 0.1) is 11.0 Å². The van der Waals surface area contributed by atoms with E-state index < -0.39 is 4.92 Å². The van der Waals surface area contributed by atoms with Crippen LogP contribution in [0.4, 0.5) is 11.5 Å². The van der Waals surface area contributed by atoms with Crippen LogP contribution >= 0.6 is 0 Å². The standard InChI is InChI=1S/C11H18N4O2/c1-7-4-3-5-9(6-7)14-11(12)10(15(16)17)8(2)13-14/h7,9H,3-6,12H2,1-2H3. The fraction of sp³-hybridized carbons (Fsp3) is 0.727. The van der Waals surface area contributed by atoms with Gasteiger partial charge < -0.3 is 5.73 Å². The number of aromatic nitrogens is 2. The molecule has 1 aromatic rings. The molecule has 6 heteroatoms. The maximum atomic E-state index is 10.9. The molecule has 1 fully saturated rings. The lowest BCUT2D eigenvalue weighted by Crippen LogP contribution is -2.20. The van der Waals surface area contributed by atoms with Gasteiger partial charge in [-0.3, -0.25) is 10.1 Å². The molecule has 0 saturated heterocycles. The summed E-state index contributed by atoms with van der Waals surface area (Å²) >= 11 is 0. The van der Waals surface area contributed by atoms with Gasteiger partial charge in [-0.05, 0) is 25.7 Å². The number of nitrogens with zero attached hydrogens (tertiary/aromatic N) is 3. The average molecular weight is 238 g/mol. The first kappa shape index (κ1) is 11.9. The minimum atomic E-state index is -0.444. The summed E-state index contributed by atoms with van der Waals surface area (Å²) in [5.41, 5.74) is 6.21. The molecule has 94 valence electrons. The fourth-order valence-corrected chi connectivity index (χ4v) is 2.68. The van der Waals surface area contributed by atoms with Gasteiger partial charge in [-0.15, -0.1) is 0 Å². The second kappa shape index (κ2) is 4.35. The number of hydrogen-bond donors (Lipinski definition) is 1. The third kappa shape index (κ3) is 2.11. The van der Waals surface area contributed by atoms with Crippen LogP contribution in [0.5, 0.6) is 0 Å². The van der Waals surface area contributed by atoms with Crippen LogP contribution in [0.2, 0.25) is 0 Å². The van der Waals surface area contributed by atoms with Crippen molar-refractivity contribution in [3.8, 4) is 0 Å². The topological polar surface area (TPSA) is 87.0 Å². The molecule has 2 unspecified atom stereocenters. The van der Waals surface area contributed by atoms with Crippen molar-refractivity contribution in [2.45, 2.75) is 45.6 Å². The molecular weight excluding hydrogens is 220 g/mol. The molecule has 1 heterocycles. The minimum Gasteiger partial charge on any atom is -0.378 e. The van der Waals surface area contributed by atoms with Crippen molar-refractivity contribution in [2.75, 3.05) is 5.73 Å². The van der Waals surface area contributed by atoms with Crippen molar-refractivity contribution >= 4 is 11.5 Å².